The van der Waals surface area contributed by atoms with E-state index in [2.05, 4.69) is 3.53 Å². The predicted octanol–water partition coefficient (Wildman–Crippen LogP) is -1.85. The summed E-state index contributed by atoms with van der Waals surface area (Å²) in [7, 11) is 0. The van der Waals surface area contributed by atoms with Crippen molar-refractivity contribution >= 4 is 0 Å². The summed E-state index contributed by atoms with van der Waals surface area (Å²) in [6, 6.07) is 0.964. The van der Waals surface area contributed by atoms with E-state index in [0.29, 0.717) is 21.5 Å². The van der Waals surface area contributed by atoms with Gasteiger partial charge in [0.25, 0.3) is 0 Å². The molecule has 1 aliphatic carbocycles. The van der Waals surface area contributed by atoms with Crippen molar-refractivity contribution in [3.05, 3.63) is 0 Å². The van der Waals surface area contributed by atoms with Crippen LogP contribution in [0.25, 0.3) is 0 Å². The number of halogens is 1. The fourth-order valence-electron chi connectivity index (χ4n) is 1.87. The van der Waals surface area contributed by atoms with E-state index in [1.165, 1.54) is 23.7 Å². The fourth-order valence-corrected chi connectivity index (χ4v) is 4.68. The maximum atomic E-state index is 3.69. The van der Waals surface area contributed by atoms with Gasteiger partial charge in [-0.15, -0.1) is 0 Å². The van der Waals surface area contributed by atoms with Crippen LogP contribution in [0.5, 0.6) is 0 Å². The summed E-state index contributed by atoms with van der Waals surface area (Å²) in [5.41, 5.74) is 0. The second-order valence-electron chi connectivity index (χ2n) is 3.02. The summed E-state index contributed by atoms with van der Waals surface area (Å²) in [5.74, 6) is 1.08. The molecule has 2 fully saturated rings. The third-order valence-electron chi connectivity index (χ3n) is 2.45. The summed E-state index contributed by atoms with van der Waals surface area (Å²) >= 11 is 0.431. The van der Waals surface area contributed by atoms with Gasteiger partial charge < -0.3 is 0 Å². The summed E-state index contributed by atoms with van der Waals surface area (Å²) in [5, 5.41) is 0. The Bertz CT molecular complexity index is 93.1. The fraction of sp³-hybridized carbons (Fsp3) is 1.00. The topological polar surface area (TPSA) is 12.0 Å². The van der Waals surface area contributed by atoms with Crippen molar-refractivity contribution < 1.29 is 21.5 Å². The molecule has 9 heavy (non-hydrogen) atoms. The molecule has 1 N–H and O–H groups in total. The van der Waals surface area contributed by atoms with Crippen LogP contribution in [0.15, 0.2) is 0 Å². The zero-order valence-electron chi connectivity index (χ0n) is 5.57. The van der Waals surface area contributed by atoms with Gasteiger partial charge in [0.1, 0.15) is 0 Å². The SMILES string of the molecule is C1CC2CC[I-]NC2C1. The molecule has 1 aliphatic heterocycles. The van der Waals surface area contributed by atoms with Crippen molar-refractivity contribution in [2.45, 2.75) is 31.7 Å². The Morgan fingerprint density at radius 1 is 1.22 bits per heavy atom. The molecule has 0 aromatic carbocycles. The van der Waals surface area contributed by atoms with E-state index in [1.807, 2.05) is 0 Å². The molecular formula is C7H13IN-. The number of rotatable bonds is 0. The average Bonchev–Trinajstić information content (AvgIpc) is 2.33. The third kappa shape index (κ3) is 1.24. The maximum absolute atomic E-state index is 3.69. The van der Waals surface area contributed by atoms with Crippen LogP contribution >= 0.6 is 0 Å². The number of nitrogens with one attached hydrogen (secondary N) is 1. The second-order valence-corrected chi connectivity index (χ2v) is 5.48. The number of fused-ring (bicyclic) bond motifs is 1. The van der Waals surface area contributed by atoms with Gasteiger partial charge in [-0.25, -0.2) is 0 Å². The standard InChI is InChI=1S/C7H13IN/c1-2-6-4-5-8-9-7(6)3-1/h6-7,9H,1-5H2/q-1. The van der Waals surface area contributed by atoms with Crippen LogP contribution in [0.3, 0.4) is 0 Å². The molecule has 1 nitrogen and oxygen atoms in total. The molecule has 0 aromatic rings. The molecule has 2 unspecified atom stereocenters. The minimum absolute atomic E-state index is 0.431. The molecule has 1 saturated heterocycles. The van der Waals surface area contributed by atoms with Crippen LogP contribution < -0.4 is 25.0 Å². The van der Waals surface area contributed by atoms with Crippen LogP contribution in [0.4, 0.5) is 0 Å². The molecular weight excluding hydrogens is 225 g/mol. The molecule has 1 heterocycles. The molecule has 0 aromatic heterocycles. The molecule has 2 rings (SSSR count). The Labute approximate surface area is 67.2 Å². The van der Waals surface area contributed by atoms with E-state index in [4.69, 9.17) is 0 Å². The molecule has 2 heteroatoms. The summed E-state index contributed by atoms with van der Waals surface area (Å²) in [6.07, 6.45) is 6.03. The summed E-state index contributed by atoms with van der Waals surface area (Å²) in [6.45, 7) is 0. The third-order valence-corrected chi connectivity index (χ3v) is 4.85. The number of alkyl halides is 1. The van der Waals surface area contributed by atoms with Gasteiger partial charge in [-0.1, -0.05) is 0 Å². The second kappa shape index (κ2) is 2.74. The zero-order chi connectivity index (χ0) is 6.10. The Morgan fingerprint density at radius 3 is 3.11 bits per heavy atom. The molecule has 0 radical (unpaired) electrons. The van der Waals surface area contributed by atoms with Crippen LogP contribution in [-0.4, -0.2) is 10.5 Å². The monoisotopic (exact) mass is 238 g/mol. The van der Waals surface area contributed by atoms with E-state index in [9.17, 15) is 0 Å². The van der Waals surface area contributed by atoms with E-state index in [1.54, 1.807) is 6.42 Å². The quantitative estimate of drug-likeness (QED) is 0.297. The average molecular weight is 238 g/mol. The van der Waals surface area contributed by atoms with Crippen LogP contribution in [-0.2, 0) is 0 Å². The molecule has 54 valence electrons. The van der Waals surface area contributed by atoms with Crippen molar-refractivity contribution in [3.63, 3.8) is 0 Å². The normalized spacial score (nSPS) is 43.6. The Kier molecular flexibility index (Phi) is 1.95. The first-order valence-corrected chi connectivity index (χ1v) is 6.41. The number of hydrogen-bond donors (Lipinski definition) is 1. The zero-order valence-corrected chi connectivity index (χ0v) is 7.73. The first kappa shape index (κ1) is 6.40. The van der Waals surface area contributed by atoms with Crippen LogP contribution in [0.2, 0.25) is 0 Å². The molecule has 1 saturated carbocycles. The van der Waals surface area contributed by atoms with Crippen LogP contribution in [0.1, 0.15) is 25.7 Å². The summed E-state index contributed by atoms with van der Waals surface area (Å²) < 4.78 is 5.22. The molecule has 0 amide bonds. The van der Waals surface area contributed by atoms with Gasteiger partial charge in [-0.2, -0.15) is 0 Å². The first-order chi connectivity index (χ1) is 4.47. The van der Waals surface area contributed by atoms with Gasteiger partial charge in [0, 0.05) is 0 Å². The van der Waals surface area contributed by atoms with Crippen molar-refractivity contribution in [3.8, 4) is 0 Å². The molecule has 2 aliphatic rings. The van der Waals surface area contributed by atoms with Gasteiger partial charge in [0.05, 0.1) is 0 Å². The Hall–Kier alpha value is 0.690. The van der Waals surface area contributed by atoms with Gasteiger partial charge in [-0.3, -0.25) is 0 Å². The first-order valence-electron chi connectivity index (χ1n) is 3.80. The predicted molar refractivity (Wildman–Crippen MR) is 33.7 cm³/mol. The van der Waals surface area contributed by atoms with Gasteiger partial charge >= 0.3 is 67.1 Å². The van der Waals surface area contributed by atoms with E-state index in [0.717, 1.165) is 12.0 Å². The number of hydrogen-bond acceptors (Lipinski definition) is 1. The van der Waals surface area contributed by atoms with Crippen LogP contribution in [0, 0.1) is 5.92 Å². The molecule has 0 spiro atoms. The van der Waals surface area contributed by atoms with E-state index < -0.39 is 0 Å². The molecule has 0 bridgehead atoms. The van der Waals surface area contributed by atoms with Gasteiger partial charge in [0.2, 0.25) is 0 Å². The Morgan fingerprint density at radius 2 is 2.22 bits per heavy atom. The van der Waals surface area contributed by atoms with Gasteiger partial charge in [-0.05, 0) is 0 Å². The van der Waals surface area contributed by atoms with E-state index >= 15 is 0 Å². The van der Waals surface area contributed by atoms with Crippen molar-refractivity contribution in [2.75, 3.05) is 4.43 Å². The minimum atomic E-state index is 0.431. The van der Waals surface area contributed by atoms with E-state index in [-0.39, 0.29) is 0 Å². The summed E-state index contributed by atoms with van der Waals surface area (Å²) in [4.78, 5) is 0. The van der Waals surface area contributed by atoms with Crippen molar-refractivity contribution in [1.29, 1.82) is 0 Å². The van der Waals surface area contributed by atoms with Crippen molar-refractivity contribution in [2.24, 2.45) is 5.92 Å². The van der Waals surface area contributed by atoms with Gasteiger partial charge in [0.15, 0.2) is 0 Å². The molecule has 2 atom stereocenters. The van der Waals surface area contributed by atoms with Crippen molar-refractivity contribution in [1.82, 2.24) is 3.53 Å². The Balaban J connectivity index is 1.97.